The molecule has 0 amide bonds. The van der Waals surface area contributed by atoms with Crippen LogP contribution in [0.1, 0.15) is 39.0 Å². The molecule has 0 bridgehead atoms. The second-order valence-electron chi connectivity index (χ2n) is 4.83. The van der Waals surface area contributed by atoms with Crippen LogP contribution in [0, 0.1) is 0 Å². The third kappa shape index (κ3) is 5.36. The molecule has 2 unspecified atom stereocenters. The fraction of sp³-hybridized carbons (Fsp3) is 1.00. The second kappa shape index (κ2) is 7.34. The van der Waals surface area contributed by atoms with E-state index in [-0.39, 0.29) is 11.3 Å². The van der Waals surface area contributed by atoms with Gasteiger partial charge in [0.25, 0.3) is 0 Å². The largest absolute Gasteiger partial charge is 0.381 e. The highest BCUT2D eigenvalue weighted by Crippen LogP contribution is 2.24. The molecule has 17 heavy (non-hydrogen) atoms. The minimum atomic E-state index is -2.90. The first-order valence-electron chi connectivity index (χ1n) is 6.55. The molecule has 0 aromatic carbocycles. The van der Waals surface area contributed by atoms with Gasteiger partial charge < -0.3 is 10.1 Å². The maximum absolute atomic E-state index is 11.6. The summed E-state index contributed by atoms with van der Waals surface area (Å²) in [6.45, 7) is 4.51. The van der Waals surface area contributed by atoms with Gasteiger partial charge in [-0.05, 0) is 32.2 Å². The van der Waals surface area contributed by atoms with E-state index in [1.807, 2.05) is 0 Å². The molecule has 5 heteroatoms. The van der Waals surface area contributed by atoms with Crippen LogP contribution in [0.5, 0.6) is 0 Å². The maximum Gasteiger partial charge on any atom is 0.151 e. The Kier molecular flexibility index (Phi) is 6.44. The summed E-state index contributed by atoms with van der Waals surface area (Å²) in [5, 5.41) is 3.17. The zero-order valence-corrected chi connectivity index (χ0v) is 11.8. The highest BCUT2D eigenvalue weighted by molar-refractivity contribution is 7.91. The van der Waals surface area contributed by atoms with Gasteiger partial charge in [-0.1, -0.05) is 13.3 Å². The minimum absolute atomic E-state index is 0.149. The van der Waals surface area contributed by atoms with Crippen LogP contribution in [0.2, 0.25) is 0 Å². The predicted molar refractivity (Wildman–Crippen MR) is 70.0 cm³/mol. The average molecular weight is 263 g/mol. The topological polar surface area (TPSA) is 55.4 Å². The molecule has 102 valence electrons. The van der Waals surface area contributed by atoms with Crippen LogP contribution >= 0.6 is 0 Å². The SMILES string of the molecule is CCCOCCCNC1CCCC1S(C)(=O)=O. The Morgan fingerprint density at radius 1 is 1.29 bits per heavy atom. The van der Waals surface area contributed by atoms with Gasteiger partial charge in [-0.25, -0.2) is 8.42 Å². The van der Waals surface area contributed by atoms with Crippen LogP contribution in [0.25, 0.3) is 0 Å². The number of hydrogen-bond donors (Lipinski definition) is 1. The van der Waals surface area contributed by atoms with Crippen LogP contribution in [0.4, 0.5) is 0 Å². The molecular weight excluding hydrogens is 238 g/mol. The van der Waals surface area contributed by atoms with Crippen molar-refractivity contribution in [3.8, 4) is 0 Å². The zero-order chi connectivity index (χ0) is 12.7. The number of rotatable bonds is 8. The summed E-state index contributed by atoms with van der Waals surface area (Å²) in [6, 6.07) is 0.149. The van der Waals surface area contributed by atoms with Crippen molar-refractivity contribution in [2.24, 2.45) is 0 Å². The van der Waals surface area contributed by atoms with Gasteiger partial charge in [0.2, 0.25) is 0 Å². The number of ether oxygens (including phenoxy) is 1. The molecular formula is C12H25NO3S. The lowest BCUT2D eigenvalue weighted by molar-refractivity contribution is 0.131. The van der Waals surface area contributed by atoms with Crippen LogP contribution < -0.4 is 5.32 Å². The molecule has 1 N–H and O–H groups in total. The lowest BCUT2D eigenvalue weighted by Gasteiger charge is -2.19. The van der Waals surface area contributed by atoms with Gasteiger partial charge in [-0.2, -0.15) is 0 Å². The number of sulfone groups is 1. The molecule has 1 aliphatic carbocycles. The van der Waals surface area contributed by atoms with Crippen LogP contribution in [-0.2, 0) is 14.6 Å². The molecule has 1 fully saturated rings. The summed E-state index contributed by atoms with van der Waals surface area (Å²) >= 11 is 0. The van der Waals surface area contributed by atoms with E-state index in [1.54, 1.807) is 0 Å². The maximum atomic E-state index is 11.6. The molecule has 1 aliphatic rings. The first kappa shape index (κ1) is 14.9. The van der Waals surface area contributed by atoms with Crippen molar-refractivity contribution < 1.29 is 13.2 Å². The summed E-state index contributed by atoms with van der Waals surface area (Å²) in [5.41, 5.74) is 0. The normalized spacial score (nSPS) is 25.3. The Bertz CT molecular complexity index is 303. The standard InChI is InChI=1S/C12H25NO3S/c1-3-9-16-10-5-8-13-11-6-4-7-12(11)17(2,14)15/h11-13H,3-10H2,1-2H3. The number of nitrogens with one attached hydrogen (secondary N) is 1. The highest BCUT2D eigenvalue weighted by atomic mass is 32.2. The van der Waals surface area contributed by atoms with Gasteiger partial charge in [0, 0.05) is 25.5 Å². The van der Waals surface area contributed by atoms with E-state index >= 15 is 0 Å². The van der Waals surface area contributed by atoms with Gasteiger partial charge in [0.1, 0.15) is 0 Å². The van der Waals surface area contributed by atoms with Crippen molar-refractivity contribution in [3.63, 3.8) is 0 Å². The van der Waals surface area contributed by atoms with E-state index in [0.717, 1.165) is 51.9 Å². The molecule has 1 saturated carbocycles. The monoisotopic (exact) mass is 263 g/mol. The van der Waals surface area contributed by atoms with Crippen molar-refractivity contribution in [3.05, 3.63) is 0 Å². The molecule has 2 atom stereocenters. The quantitative estimate of drug-likeness (QED) is 0.672. The lowest BCUT2D eigenvalue weighted by Crippen LogP contribution is -2.40. The Labute approximate surface area is 105 Å². The van der Waals surface area contributed by atoms with E-state index in [9.17, 15) is 8.42 Å². The fourth-order valence-corrected chi connectivity index (χ4v) is 3.80. The smallest absolute Gasteiger partial charge is 0.151 e. The Morgan fingerprint density at radius 2 is 2.06 bits per heavy atom. The average Bonchev–Trinajstić information content (AvgIpc) is 2.71. The Morgan fingerprint density at radius 3 is 2.71 bits per heavy atom. The van der Waals surface area contributed by atoms with E-state index in [1.165, 1.54) is 6.26 Å². The molecule has 0 aromatic rings. The van der Waals surface area contributed by atoms with Gasteiger partial charge >= 0.3 is 0 Å². The number of hydrogen-bond acceptors (Lipinski definition) is 4. The molecule has 0 aliphatic heterocycles. The van der Waals surface area contributed by atoms with E-state index in [2.05, 4.69) is 12.2 Å². The summed E-state index contributed by atoms with van der Waals surface area (Å²) in [7, 11) is -2.90. The molecule has 0 spiro atoms. The van der Waals surface area contributed by atoms with Crippen molar-refractivity contribution in [2.45, 2.75) is 50.3 Å². The summed E-state index contributed by atoms with van der Waals surface area (Å²) in [4.78, 5) is 0. The van der Waals surface area contributed by atoms with Gasteiger partial charge in [0.15, 0.2) is 9.84 Å². The fourth-order valence-electron chi connectivity index (χ4n) is 2.38. The highest BCUT2D eigenvalue weighted by Gasteiger charge is 2.33. The molecule has 1 rings (SSSR count). The summed E-state index contributed by atoms with van der Waals surface area (Å²) in [6.07, 6.45) is 6.15. The van der Waals surface area contributed by atoms with Crippen molar-refractivity contribution in [2.75, 3.05) is 26.0 Å². The molecule has 0 radical (unpaired) electrons. The minimum Gasteiger partial charge on any atom is -0.381 e. The van der Waals surface area contributed by atoms with E-state index in [4.69, 9.17) is 4.74 Å². The molecule has 0 heterocycles. The van der Waals surface area contributed by atoms with E-state index < -0.39 is 9.84 Å². The third-order valence-electron chi connectivity index (χ3n) is 3.22. The first-order valence-corrected chi connectivity index (χ1v) is 8.51. The third-order valence-corrected chi connectivity index (χ3v) is 4.89. The second-order valence-corrected chi connectivity index (χ2v) is 7.09. The Balaban J connectivity index is 2.18. The summed E-state index contributed by atoms with van der Waals surface area (Å²) < 4.78 is 28.5. The molecule has 0 aromatic heterocycles. The van der Waals surface area contributed by atoms with Crippen LogP contribution in [0.15, 0.2) is 0 Å². The summed E-state index contributed by atoms with van der Waals surface area (Å²) in [5.74, 6) is 0. The van der Waals surface area contributed by atoms with Gasteiger partial charge in [-0.3, -0.25) is 0 Å². The molecule has 0 saturated heterocycles. The predicted octanol–water partition coefficient (Wildman–Crippen LogP) is 1.36. The molecule has 4 nitrogen and oxygen atoms in total. The van der Waals surface area contributed by atoms with Crippen molar-refractivity contribution in [1.82, 2.24) is 5.32 Å². The van der Waals surface area contributed by atoms with Crippen molar-refractivity contribution in [1.29, 1.82) is 0 Å². The Hall–Kier alpha value is -0.130. The zero-order valence-electron chi connectivity index (χ0n) is 10.9. The van der Waals surface area contributed by atoms with Crippen molar-refractivity contribution >= 4 is 9.84 Å². The van der Waals surface area contributed by atoms with Gasteiger partial charge in [-0.15, -0.1) is 0 Å². The van der Waals surface area contributed by atoms with Crippen LogP contribution in [-0.4, -0.2) is 45.7 Å². The van der Waals surface area contributed by atoms with E-state index in [0.29, 0.717) is 0 Å². The first-order chi connectivity index (χ1) is 8.05. The lowest BCUT2D eigenvalue weighted by atomic mass is 10.2. The van der Waals surface area contributed by atoms with Gasteiger partial charge in [0.05, 0.1) is 5.25 Å². The van der Waals surface area contributed by atoms with Crippen LogP contribution in [0.3, 0.4) is 0 Å².